The third-order valence-corrected chi connectivity index (χ3v) is 4.52. The minimum absolute atomic E-state index is 0.169. The van der Waals surface area contributed by atoms with Crippen molar-refractivity contribution in [3.05, 3.63) is 30.0 Å². The average Bonchev–Trinajstić information content (AvgIpc) is 2.89. The molecular formula is C14H18N4O3S. The number of para-hydroxylation sites is 1. The van der Waals surface area contributed by atoms with Crippen molar-refractivity contribution in [2.45, 2.75) is 18.9 Å². The third kappa shape index (κ3) is 3.12. The van der Waals surface area contributed by atoms with Gasteiger partial charge in [0, 0.05) is 24.5 Å². The number of nitrogens with one attached hydrogen (secondary N) is 2. The van der Waals surface area contributed by atoms with E-state index >= 15 is 0 Å². The number of rotatable bonds is 3. The number of piperidine rings is 1. The summed E-state index contributed by atoms with van der Waals surface area (Å²) in [6.07, 6.45) is 2.63. The van der Waals surface area contributed by atoms with E-state index in [1.165, 1.54) is 0 Å². The first-order chi connectivity index (χ1) is 10.4. The Morgan fingerprint density at radius 1 is 1.41 bits per heavy atom. The molecule has 0 radical (unpaired) electrons. The quantitative estimate of drug-likeness (QED) is 0.870. The molecule has 0 bridgehead atoms. The molecule has 2 N–H and O–H groups in total. The zero-order chi connectivity index (χ0) is 15.7. The topological polar surface area (TPSA) is 95.2 Å². The van der Waals surface area contributed by atoms with Crippen LogP contribution in [0.2, 0.25) is 0 Å². The molecule has 0 spiro atoms. The Morgan fingerprint density at radius 3 is 2.95 bits per heavy atom. The first kappa shape index (κ1) is 15.0. The number of carbonyl (C=O) groups excluding carboxylic acids is 1. The van der Waals surface area contributed by atoms with E-state index in [1.54, 1.807) is 4.90 Å². The predicted octanol–water partition coefficient (Wildman–Crippen LogP) is 0.717. The van der Waals surface area contributed by atoms with Gasteiger partial charge >= 0.3 is 0 Å². The van der Waals surface area contributed by atoms with Crippen LogP contribution in [0.3, 0.4) is 0 Å². The number of nitrogens with zero attached hydrogens (tertiary/aromatic N) is 2. The first-order valence-electron chi connectivity index (χ1n) is 7.14. The normalized spacial score (nSPS) is 19.5. The lowest BCUT2D eigenvalue weighted by molar-refractivity contribution is 0.0699. The molecule has 7 nitrogen and oxygen atoms in total. The summed E-state index contributed by atoms with van der Waals surface area (Å²) < 4.78 is 25.3. The van der Waals surface area contributed by atoms with E-state index in [0.29, 0.717) is 18.8 Å². The molecule has 1 saturated heterocycles. The smallest absolute Gasteiger partial charge is 0.275 e. The van der Waals surface area contributed by atoms with Gasteiger partial charge in [0.1, 0.15) is 0 Å². The fourth-order valence-electron chi connectivity index (χ4n) is 2.84. The van der Waals surface area contributed by atoms with Gasteiger partial charge in [-0.2, -0.15) is 5.10 Å². The average molecular weight is 322 g/mol. The van der Waals surface area contributed by atoms with Crippen LogP contribution in [0.5, 0.6) is 0 Å². The van der Waals surface area contributed by atoms with E-state index in [-0.39, 0.29) is 11.9 Å². The van der Waals surface area contributed by atoms with Gasteiger partial charge in [0.2, 0.25) is 10.0 Å². The number of carbonyl (C=O) groups is 1. The summed E-state index contributed by atoms with van der Waals surface area (Å²) in [6, 6.07) is 7.21. The summed E-state index contributed by atoms with van der Waals surface area (Å²) in [4.78, 5) is 14.3. The highest BCUT2D eigenvalue weighted by atomic mass is 32.2. The number of fused-ring (bicyclic) bond motifs is 1. The van der Waals surface area contributed by atoms with Crippen molar-refractivity contribution < 1.29 is 13.2 Å². The Hall–Kier alpha value is -1.93. The van der Waals surface area contributed by atoms with Crippen LogP contribution < -0.4 is 4.72 Å². The molecule has 1 aromatic heterocycles. The van der Waals surface area contributed by atoms with Gasteiger partial charge in [-0.1, -0.05) is 18.2 Å². The molecule has 0 aliphatic carbocycles. The minimum atomic E-state index is -3.27. The molecule has 1 fully saturated rings. The molecule has 3 rings (SSSR count). The molecule has 1 aromatic carbocycles. The second kappa shape index (κ2) is 5.69. The number of likely N-dealkylation sites (tertiary alicyclic amines) is 1. The zero-order valence-electron chi connectivity index (χ0n) is 12.2. The largest absolute Gasteiger partial charge is 0.336 e. The molecular weight excluding hydrogens is 304 g/mol. The van der Waals surface area contributed by atoms with Crippen LogP contribution in [-0.4, -0.2) is 54.8 Å². The van der Waals surface area contributed by atoms with E-state index in [0.717, 1.165) is 30.0 Å². The molecule has 1 aliphatic heterocycles. The van der Waals surface area contributed by atoms with Gasteiger partial charge in [-0.15, -0.1) is 0 Å². The lowest BCUT2D eigenvalue weighted by atomic mass is 10.1. The van der Waals surface area contributed by atoms with E-state index in [4.69, 9.17) is 0 Å². The van der Waals surface area contributed by atoms with E-state index < -0.39 is 10.0 Å². The van der Waals surface area contributed by atoms with Gasteiger partial charge < -0.3 is 4.90 Å². The van der Waals surface area contributed by atoms with Crippen LogP contribution in [0.4, 0.5) is 0 Å². The number of aromatic amines is 1. The van der Waals surface area contributed by atoms with Crippen molar-refractivity contribution >= 4 is 26.8 Å². The Morgan fingerprint density at radius 2 is 2.18 bits per heavy atom. The Labute approximate surface area is 128 Å². The molecule has 0 saturated carbocycles. The lowest BCUT2D eigenvalue weighted by Crippen LogP contribution is -2.49. The van der Waals surface area contributed by atoms with Crippen LogP contribution in [-0.2, 0) is 10.0 Å². The van der Waals surface area contributed by atoms with Gasteiger partial charge in [0.25, 0.3) is 5.91 Å². The van der Waals surface area contributed by atoms with Crippen molar-refractivity contribution in [1.29, 1.82) is 0 Å². The fourth-order valence-corrected chi connectivity index (χ4v) is 3.63. The molecule has 8 heteroatoms. The molecule has 118 valence electrons. The van der Waals surface area contributed by atoms with Crippen LogP contribution in [0, 0.1) is 0 Å². The number of aromatic nitrogens is 2. The summed E-state index contributed by atoms with van der Waals surface area (Å²) in [5.74, 6) is -0.169. The summed E-state index contributed by atoms with van der Waals surface area (Å²) in [6.45, 7) is 0.981. The molecule has 1 aliphatic rings. The maximum absolute atomic E-state index is 12.7. The number of sulfonamides is 1. The van der Waals surface area contributed by atoms with E-state index in [2.05, 4.69) is 14.9 Å². The molecule has 2 heterocycles. The van der Waals surface area contributed by atoms with Crippen molar-refractivity contribution in [3.63, 3.8) is 0 Å². The Kier molecular flexibility index (Phi) is 3.88. The second-order valence-electron chi connectivity index (χ2n) is 5.60. The van der Waals surface area contributed by atoms with Gasteiger partial charge in [-0.05, 0) is 18.9 Å². The SMILES string of the molecule is CS(=O)(=O)N[C@H]1CCCN(C(=O)c2n[nH]c3ccccc23)C1. The second-order valence-corrected chi connectivity index (χ2v) is 7.38. The summed E-state index contributed by atoms with van der Waals surface area (Å²) >= 11 is 0. The summed E-state index contributed by atoms with van der Waals surface area (Å²) in [5.41, 5.74) is 1.20. The number of benzene rings is 1. The van der Waals surface area contributed by atoms with Crippen molar-refractivity contribution in [3.8, 4) is 0 Å². The van der Waals surface area contributed by atoms with E-state index in [9.17, 15) is 13.2 Å². The van der Waals surface area contributed by atoms with Crippen LogP contribution >= 0.6 is 0 Å². The van der Waals surface area contributed by atoms with Crippen molar-refractivity contribution in [1.82, 2.24) is 19.8 Å². The molecule has 1 amide bonds. The Bertz CT molecular complexity index is 799. The number of hydrogen-bond donors (Lipinski definition) is 2. The van der Waals surface area contributed by atoms with Gasteiger partial charge in [-0.25, -0.2) is 13.1 Å². The van der Waals surface area contributed by atoms with Gasteiger partial charge in [0.05, 0.1) is 11.8 Å². The molecule has 1 atom stereocenters. The highest BCUT2D eigenvalue weighted by Gasteiger charge is 2.28. The van der Waals surface area contributed by atoms with Crippen molar-refractivity contribution in [2.24, 2.45) is 0 Å². The molecule has 0 unspecified atom stereocenters. The van der Waals surface area contributed by atoms with E-state index in [1.807, 2.05) is 24.3 Å². The third-order valence-electron chi connectivity index (χ3n) is 3.76. The zero-order valence-corrected chi connectivity index (χ0v) is 13.1. The highest BCUT2D eigenvalue weighted by Crippen LogP contribution is 2.19. The standard InChI is InChI=1S/C14H18N4O3S/c1-22(20,21)17-10-5-4-8-18(9-10)14(19)13-11-6-2-3-7-12(11)15-16-13/h2-3,6-7,10,17H,4-5,8-9H2,1H3,(H,15,16)/t10-/m0/s1. The highest BCUT2D eigenvalue weighted by molar-refractivity contribution is 7.88. The number of H-pyrrole nitrogens is 1. The van der Waals surface area contributed by atoms with Crippen LogP contribution in [0.25, 0.3) is 10.9 Å². The fraction of sp³-hybridized carbons (Fsp3) is 0.429. The van der Waals surface area contributed by atoms with Crippen molar-refractivity contribution in [2.75, 3.05) is 19.3 Å². The summed E-state index contributed by atoms with van der Waals surface area (Å²) in [7, 11) is -3.27. The Balaban J connectivity index is 1.80. The minimum Gasteiger partial charge on any atom is -0.336 e. The molecule has 22 heavy (non-hydrogen) atoms. The lowest BCUT2D eigenvalue weighted by Gasteiger charge is -2.32. The number of amides is 1. The van der Waals surface area contributed by atoms with Gasteiger partial charge in [-0.3, -0.25) is 9.89 Å². The first-order valence-corrected chi connectivity index (χ1v) is 9.03. The predicted molar refractivity (Wildman–Crippen MR) is 83.0 cm³/mol. The van der Waals surface area contributed by atoms with Crippen LogP contribution in [0.15, 0.2) is 24.3 Å². The van der Waals surface area contributed by atoms with Gasteiger partial charge in [0.15, 0.2) is 5.69 Å². The van der Waals surface area contributed by atoms with Crippen LogP contribution in [0.1, 0.15) is 23.3 Å². The monoisotopic (exact) mass is 322 g/mol. The molecule has 2 aromatic rings. The maximum Gasteiger partial charge on any atom is 0.275 e. The maximum atomic E-state index is 12.7. The number of hydrogen-bond acceptors (Lipinski definition) is 4. The summed E-state index contributed by atoms with van der Waals surface area (Å²) in [5, 5.41) is 7.75.